The molecule has 0 spiro atoms. The number of nitrogen functional groups attached to an aromatic ring is 1. The third-order valence-corrected chi connectivity index (χ3v) is 3.78. The number of hydrogen-bond donors (Lipinski definition) is 1. The Balaban J connectivity index is 2.06. The molecule has 0 aliphatic heterocycles. The van der Waals surface area contributed by atoms with Crippen LogP contribution in [0.3, 0.4) is 0 Å². The molecule has 0 radical (unpaired) electrons. The predicted octanol–water partition coefficient (Wildman–Crippen LogP) is 2.50. The number of ether oxygens (including phenoxy) is 1. The average molecular weight is 340 g/mol. The van der Waals surface area contributed by atoms with Crippen LogP contribution in [0.25, 0.3) is 11.4 Å². The number of aromatic nitrogens is 4. The van der Waals surface area contributed by atoms with Crippen molar-refractivity contribution in [1.29, 1.82) is 0 Å². The van der Waals surface area contributed by atoms with Crippen molar-refractivity contribution >= 4 is 21.6 Å². The van der Waals surface area contributed by atoms with E-state index in [1.54, 1.807) is 4.68 Å². The van der Waals surface area contributed by atoms with Crippen LogP contribution in [-0.4, -0.2) is 33.4 Å². The van der Waals surface area contributed by atoms with Gasteiger partial charge in [-0.15, -0.1) is 5.10 Å². The van der Waals surface area contributed by atoms with Gasteiger partial charge in [0.15, 0.2) is 5.82 Å². The lowest BCUT2D eigenvalue weighted by Gasteiger charge is -2.08. The van der Waals surface area contributed by atoms with Gasteiger partial charge in [0.25, 0.3) is 0 Å². The van der Waals surface area contributed by atoms with Crippen molar-refractivity contribution < 1.29 is 4.74 Å². The molecule has 1 aromatic carbocycles. The number of tetrazole rings is 1. The molecular weight excluding hydrogens is 322 g/mol. The van der Waals surface area contributed by atoms with E-state index in [9.17, 15) is 0 Å². The lowest BCUT2D eigenvalue weighted by Crippen LogP contribution is -2.10. The molecule has 0 saturated carbocycles. The standard InChI is InChI=1S/C13H18BrN5O/c1-2-3-8-20-9-7-19-13(16-17-18-19)10-5-4-6-11(15)12(10)14/h4-6H,2-3,7-9,15H2,1H3. The summed E-state index contributed by atoms with van der Waals surface area (Å²) < 4.78 is 8.08. The van der Waals surface area contributed by atoms with E-state index in [1.165, 1.54) is 0 Å². The van der Waals surface area contributed by atoms with Gasteiger partial charge in [-0.25, -0.2) is 4.68 Å². The third kappa shape index (κ3) is 3.55. The second kappa shape index (κ2) is 7.35. The predicted molar refractivity (Wildman–Crippen MR) is 81.1 cm³/mol. The van der Waals surface area contributed by atoms with Crippen molar-refractivity contribution in [3.63, 3.8) is 0 Å². The summed E-state index contributed by atoms with van der Waals surface area (Å²) in [4.78, 5) is 0. The molecule has 7 heteroatoms. The zero-order valence-electron chi connectivity index (χ0n) is 11.4. The van der Waals surface area contributed by atoms with Crippen molar-refractivity contribution in [3.8, 4) is 11.4 Å². The van der Waals surface area contributed by atoms with Gasteiger partial charge in [-0.1, -0.05) is 19.4 Å². The Labute approximate surface area is 126 Å². The molecule has 0 amide bonds. The number of nitrogens with two attached hydrogens (primary N) is 1. The molecule has 6 nitrogen and oxygen atoms in total. The van der Waals surface area contributed by atoms with Crippen molar-refractivity contribution in [2.24, 2.45) is 0 Å². The van der Waals surface area contributed by atoms with E-state index < -0.39 is 0 Å². The Hall–Kier alpha value is -1.47. The molecule has 1 heterocycles. The second-order valence-electron chi connectivity index (χ2n) is 4.40. The van der Waals surface area contributed by atoms with Gasteiger partial charge >= 0.3 is 0 Å². The third-order valence-electron chi connectivity index (χ3n) is 2.89. The lowest BCUT2D eigenvalue weighted by molar-refractivity contribution is 0.121. The summed E-state index contributed by atoms with van der Waals surface area (Å²) in [5.41, 5.74) is 7.42. The van der Waals surface area contributed by atoms with Crippen LogP contribution < -0.4 is 5.73 Å². The first-order valence-corrected chi connectivity index (χ1v) is 7.41. The highest BCUT2D eigenvalue weighted by Crippen LogP contribution is 2.30. The van der Waals surface area contributed by atoms with Gasteiger partial charge < -0.3 is 10.5 Å². The Morgan fingerprint density at radius 2 is 2.20 bits per heavy atom. The van der Waals surface area contributed by atoms with Crippen LogP contribution in [-0.2, 0) is 11.3 Å². The van der Waals surface area contributed by atoms with Gasteiger partial charge in [0, 0.05) is 17.9 Å². The molecular formula is C13H18BrN5O. The number of benzene rings is 1. The summed E-state index contributed by atoms with van der Waals surface area (Å²) in [5, 5.41) is 11.8. The first kappa shape index (κ1) is 14.9. The molecule has 0 atom stereocenters. The van der Waals surface area contributed by atoms with Crippen molar-refractivity contribution in [3.05, 3.63) is 22.7 Å². The van der Waals surface area contributed by atoms with Crippen LogP contribution in [0.4, 0.5) is 5.69 Å². The van der Waals surface area contributed by atoms with E-state index in [2.05, 4.69) is 38.4 Å². The van der Waals surface area contributed by atoms with E-state index in [0.717, 1.165) is 29.5 Å². The highest BCUT2D eigenvalue weighted by atomic mass is 79.9. The Morgan fingerprint density at radius 1 is 1.35 bits per heavy atom. The van der Waals surface area contributed by atoms with E-state index in [4.69, 9.17) is 10.5 Å². The fraction of sp³-hybridized carbons (Fsp3) is 0.462. The molecule has 0 saturated heterocycles. The van der Waals surface area contributed by atoms with Gasteiger partial charge in [-0.05, 0) is 44.9 Å². The van der Waals surface area contributed by atoms with Crippen LogP contribution in [0.5, 0.6) is 0 Å². The number of halogens is 1. The van der Waals surface area contributed by atoms with Crippen molar-refractivity contribution in [2.75, 3.05) is 18.9 Å². The smallest absolute Gasteiger partial charge is 0.183 e. The molecule has 20 heavy (non-hydrogen) atoms. The first-order chi connectivity index (χ1) is 9.74. The summed E-state index contributed by atoms with van der Waals surface area (Å²) in [7, 11) is 0. The highest BCUT2D eigenvalue weighted by molar-refractivity contribution is 9.10. The normalized spacial score (nSPS) is 10.9. The minimum Gasteiger partial charge on any atom is -0.398 e. The number of anilines is 1. The molecule has 2 rings (SSSR count). The van der Waals surface area contributed by atoms with Gasteiger partial charge in [-0.2, -0.15) is 0 Å². The largest absolute Gasteiger partial charge is 0.398 e. The van der Waals surface area contributed by atoms with Crippen LogP contribution in [0.1, 0.15) is 19.8 Å². The fourth-order valence-electron chi connectivity index (χ4n) is 1.77. The number of rotatable bonds is 7. The maximum absolute atomic E-state index is 5.88. The van der Waals surface area contributed by atoms with Crippen LogP contribution in [0.2, 0.25) is 0 Å². The minimum atomic E-state index is 0.595. The van der Waals surface area contributed by atoms with Crippen LogP contribution >= 0.6 is 15.9 Å². The number of hydrogen-bond acceptors (Lipinski definition) is 5. The van der Waals surface area contributed by atoms with Crippen LogP contribution in [0.15, 0.2) is 22.7 Å². The molecule has 2 aromatic rings. The first-order valence-electron chi connectivity index (χ1n) is 6.62. The van der Waals surface area contributed by atoms with Gasteiger partial charge in [-0.3, -0.25) is 0 Å². The summed E-state index contributed by atoms with van der Waals surface area (Å²) in [6, 6.07) is 5.64. The van der Waals surface area contributed by atoms with Gasteiger partial charge in [0.05, 0.1) is 17.6 Å². The Morgan fingerprint density at radius 3 is 3.00 bits per heavy atom. The average Bonchev–Trinajstić information content (AvgIpc) is 2.90. The molecule has 2 N–H and O–H groups in total. The summed E-state index contributed by atoms with van der Waals surface area (Å²) in [5.74, 6) is 0.684. The van der Waals surface area contributed by atoms with Crippen LogP contribution in [0, 0.1) is 0 Å². The maximum Gasteiger partial charge on any atom is 0.183 e. The Bertz CT molecular complexity index is 557. The van der Waals surface area contributed by atoms with Crippen molar-refractivity contribution in [1.82, 2.24) is 20.2 Å². The van der Waals surface area contributed by atoms with E-state index in [0.29, 0.717) is 24.7 Å². The molecule has 108 valence electrons. The number of nitrogens with zero attached hydrogens (tertiary/aromatic N) is 4. The molecule has 1 aromatic heterocycles. The molecule has 0 bridgehead atoms. The molecule has 0 aliphatic rings. The summed E-state index contributed by atoms with van der Waals surface area (Å²) in [6.45, 7) is 4.13. The van der Waals surface area contributed by atoms with E-state index >= 15 is 0 Å². The molecule has 0 aliphatic carbocycles. The van der Waals surface area contributed by atoms with E-state index in [-0.39, 0.29) is 0 Å². The zero-order valence-corrected chi connectivity index (χ0v) is 13.0. The van der Waals surface area contributed by atoms with Gasteiger partial charge in [0.2, 0.25) is 0 Å². The quantitative estimate of drug-likeness (QED) is 0.619. The second-order valence-corrected chi connectivity index (χ2v) is 5.19. The van der Waals surface area contributed by atoms with Gasteiger partial charge in [0.1, 0.15) is 0 Å². The Kier molecular flexibility index (Phi) is 5.49. The molecule has 0 unspecified atom stereocenters. The monoisotopic (exact) mass is 339 g/mol. The minimum absolute atomic E-state index is 0.595. The summed E-state index contributed by atoms with van der Waals surface area (Å²) >= 11 is 3.47. The fourth-order valence-corrected chi connectivity index (χ4v) is 2.21. The summed E-state index contributed by atoms with van der Waals surface area (Å²) in [6.07, 6.45) is 2.20. The molecule has 0 fully saturated rings. The number of unbranched alkanes of at least 4 members (excludes halogenated alkanes) is 1. The lowest BCUT2D eigenvalue weighted by atomic mass is 10.2. The maximum atomic E-state index is 5.88. The SMILES string of the molecule is CCCCOCCn1nnnc1-c1cccc(N)c1Br. The highest BCUT2D eigenvalue weighted by Gasteiger charge is 2.13. The topological polar surface area (TPSA) is 78.8 Å². The zero-order chi connectivity index (χ0) is 14.4. The van der Waals surface area contributed by atoms with Crippen molar-refractivity contribution in [2.45, 2.75) is 26.3 Å². The van der Waals surface area contributed by atoms with E-state index in [1.807, 2.05) is 18.2 Å².